The fourth-order valence-corrected chi connectivity index (χ4v) is 7.62. The molecule has 0 N–H and O–H groups in total. The van der Waals surface area contributed by atoms with E-state index in [1.807, 2.05) is 48.7 Å². The number of nitrogens with zero attached hydrogens (tertiary/aromatic N) is 3. The second kappa shape index (κ2) is 15.6. The van der Waals surface area contributed by atoms with Crippen LogP contribution in [0.4, 0.5) is 0 Å². The summed E-state index contributed by atoms with van der Waals surface area (Å²) in [6, 6.07) is 61.2. The van der Waals surface area contributed by atoms with E-state index in [9.17, 15) is 0 Å². The van der Waals surface area contributed by atoms with E-state index in [0.29, 0.717) is 0 Å². The van der Waals surface area contributed by atoms with Crippen LogP contribution in [-0.4, -0.2) is 28.0 Å². The van der Waals surface area contributed by atoms with Crippen LogP contribution in [0.1, 0.15) is 38.1 Å². The Bertz CT molecular complexity index is 2860. The molecule has 5 heteroatoms. The Hall–Kier alpha value is -6.00. The third kappa shape index (κ3) is 7.24. The molecule has 0 aliphatic carbocycles. The number of hydrogen-bond donors (Lipinski definition) is 0. The van der Waals surface area contributed by atoms with Gasteiger partial charge in [0.05, 0.1) is 5.58 Å². The van der Waals surface area contributed by atoms with Crippen molar-refractivity contribution in [1.29, 1.82) is 0 Å². The largest absolute Gasteiger partial charge is 0.500 e. The van der Waals surface area contributed by atoms with Gasteiger partial charge >= 0.3 is 0 Å². The summed E-state index contributed by atoms with van der Waals surface area (Å²) in [6.45, 7) is 7.74. The summed E-state index contributed by atoms with van der Waals surface area (Å²) < 4.78 is 8.89. The molecule has 0 saturated heterocycles. The van der Waals surface area contributed by atoms with Crippen LogP contribution in [0.3, 0.4) is 0 Å². The maximum absolute atomic E-state index is 6.49. The van der Waals surface area contributed by atoms with Crippen LogP contribution in [0, 0.1) is 17.5 Å². The molecule has 4 nitrogen and oxygen atoms in total. The first-order valence-electron chi connectivity index (χ1n) is 18.8. The average Bonchev–Trinajstić information content (AvgIpc) is 3.83. The normalized spacial score (nSPS) is 13.9. The van der Waals surface area contributed by atoms with Gasteiger partial charge in [-0.1, -0.05) is 140 Å². The molecule has 2 aromatic heterocycles. The fourth-order valence-electron chi connectivity index (χ4n) is 7.62. The van der Waals surface area contributed by atoms with E-state index >= 15 is 0 Å². The smallest absolute Gasteiger partial charge is 0.250 e. The van der Waals surface area contributed by atoms with Gasteiger partial charge in [-0.15, -0.1) is 18.2 Å². The first-order valence-corrected chi connectivity index (χ1v) is 18.8. The molecule has 56 heavy (non-hydrogen) atoms. The monoisotopic (exact) mass is 903 g/mol. The zero-order valence-electron chi connectivity index (χ0n) is 31.5. The Morgan fingerprint density at radius 2 is 1.30 bits per heavy atom. The molecule has 1 atom stereocenters. The summed E-state index contributed by atoms with van der Waals surface area (Å²) in [6.07, 6.45) is 3.81. The van der Waals surface area contributed by atoms with Gasteiger partial charge in [-0.2, -0.15) is 30.3 Å². The van der Waals surface area contributed by atoms with Gasteiger partial charge in [0.15, 0.2) is 6.54 Å². The summed E-state index contributed by atoms with van der Waals surface area (Å²) in [5, 5.41) is 6.99. The van der Waals surface area contributed by atoms with Crippen LogP contribution >= 0.6 is 0 Å². The molecule has 1 aliphatic heterocycles. The van der Waals surface area contributed by atoms with Crippen molar-refractivity contribution in [3.05, 3.63) is 187 Å². The number of aliphatic imine (C=N–C) groups is 1. The van der Waals surface area contributed by atoms with Gasteiger partial charge in [-0.05, 0) is 51.2 Å². The van der Waals surface area contributed by atoms with Crippen molar-refractivity contribution in [3.63, 3.8) is 0 Å². The van der Waals surface area contributed by atoms with Crippen molar-refractivity contribution >= 4 is 55.4 Å². The number of rotatable bonds is 5. The quantitative estimate of drug-likeness (QED) is 0.0981. The van der Waals surface area contributed by atoms with E-state index < -0.39 is 0 Å². The number of pyridine rings is 1. The van der Waals surface area contributed by atoms with Crippen molar-refractivity contribution in [3.8, 4) is 22.4 Å². The molecule has 275 valence electrons. The van der Waals surface area contributed by atoms with E-state index in [2.05, 4.69) is 158 Å². The molecular formula is C51H40IrN3O-. The van der Waals surface area contributed by atoms with Crippen molar-refractivity contribution in [2.75, 3.05) is 6.54 Å². The SMILES string of the molecule is CC(C)(C)C[N+]1=C(c2ccc(-c3ccccc3)cc2)C=NC1c1[c-]cccc1.[Ir].[c-]1ccc2c(oc3c2ccc2ccc4ccccc4c23)c1-c1ccccn1. The number of benzene rings is 7. The standard InChI is InChI=1S/C26H26N2.C25H14NO.Ir/c1-26(2,3)19-28-24(18-27-25(28)23-12-8-5-9-13-23)22-16-14-21(15-17-22)20-10-6-4-7-11-20;1-2-7-18-16(6-1)11-12-17-13-14-20-19-8-5-9-21(22-10-3-4-15-26-22)24(19)27-25(20)23(17)18;/h4-12,14-18,25H,19H2,1-3H3;1-8,10-15H;/q;-1;. The molecule has 0 spiro atoms. The summed E-state index contributed by atoms with van der Waals surface area (Å²) in [5.41, 5.74) is 9.66. The average molecular weight is 903 g/mol. The topological polar surface area (TPSA) is 41.4 Å². The Labute approximate surface area is 341 Å². The molecule has 10 rings (SSSR count). The maximum atomic E-state index is 6.49. The minimum absolute atomic E-state index is 0. The molecule has 1 radical (unpaired) electrons. The molecule has 9 aromatic rings. The molecule has 0 amide bonds. The molecule has 0 saturated carbocycles. The van der Waals surface area contributed by atoms with Crippen molar-refractivity contribution in [2.24, 2.45) is 10.4 Å². The van der Waals surface area contributed by atoms with Gasteiger partial charge in [0, 0.05) is 48.1 Å². The first-order chi connectivity index (χ1) is 26.9. The third-order valence-electron chi connectivity index (χ3n) is 10.1. The molecule has 3 heterocycles. The Kier molecular flexibility index (Phi) is 10.3. The Morgan fingerprint density at radius 3 is 2.07 bits per heavy atom. The van der Waals surface area contributed by atoms with Crippen LogP contribution < -0.4 is 0 Å². The zero-order chi connectivity index (χ0) is 37.4. The summed E-state index contributed by atoms with van der Waals surface area (Å²) in [4.78, 5) is 9.33. The molecule has 7 aromatic carbocycles. The van der Waals surface area contributed by atoms with Crippen molar-refractivity contribution < 1.29 is 29.1 Å². The number of furan rings is 1. The molecule has 1 unspecified atom stereocenters. The predicted molar refractivity (Wildman–Crippen MR) is 228 cm³/mol. The van der Waals surface area contributed by atoms with Crippen LogP contribution in [0.25, 0.3) is 65.9 Å². The Balaban J connectivity index is 0.000000155. The van der Waals surface area contributed by atoms with Crippen LogP contribution in [0.15, 0.2) is 173 Å². The third-order valence-corrected chi connectivity index (χ3v) is 10.1. The van der Waals surface area contributed by atoms with Crippen LogP contribution in [0.2, 0.25) is 0 Å². The van der Waals surface area contributed by atoms with E-state index in [1.165, 1.54) is 38.6 Å². The van der Waals surface area contributed by atoms with Crippen molar-refractivity contribution in [1.82, 2.24) is 4.98 Å². The van der Waals surface area contributed by atoms with Gasteiger partial charge < -0.3 is 9.40 Å². The maximum Gasteiger partial charge on any atom is 0.250 e. The van der Waals surface area contributed by atoms with Gasteiger partial charge in [-0.3, -0.25) is 0 Å². The summed E-state index contributed by atoms with van der Waals surface area (Å²) in [7, 11) is 0. The minimum Gasteiger partial charge on any atom is -0.500 e. The van der Waals surface area contributed by atoms with Gasteiger partial charge in [0.25, 0.3) is 0 Å². The second-order valence-corrected chi connectivity index (χ2v) is 15.2. The number of fused-ring (bicyclic) bond motifs is 7. The van der Waals surface area contributed by atoms with Crippen LogP contribution in [0.5, 0.6) is 0 Å². The van der Waals surface area contributed by atoms with Gasteiger partial charge in [0.1, 0.15) is 11.8 Å². The minimum atomic E-state index is -0.00998. The first kappa shape index (κ1) is 36.9. The molecule has 0 bridgehead atoms. The van der Waals surface area contributed by atoms with E-state index in [0.717, 1.165) is 50.7 Å². The van der Waals surface area contributed by atoms with Gasteiger partial charge in [-0.25, -0.2) is 9.57 Å². The number of hydrogen-bond acceptors (Lipinski definition) is 3. The Morgan fingerprint density at radius 1 is 0.607 bits per heavy atom. The van der Waals surface area contributed by atoms with E-state index in [-0.39, 0.29) is 31.7 Å². The summed E-state index contributed by atoms with van der Waals surface area (Å²) in [5.74, 6) is 0. The molecular weight excluding hydrogens is 863 g/mol. The number of aromatic nitrogens is 1. The summed E-state index contributed by atoms with van der Waals surface area (Å²) >= 11 is 0. The molecule has 0 fully saturated rings. The zero-order valence-corrected chi connectivity index (χ0v) is 33.9. The van der Waals surface area contributed by atoms with Gasteiger partial charge in [0.2, 0.25) is 11.9 Å². The van der Waals surface area contributed by atoms with E-state index in [1.54, 1.807) is 6.20 Å². The van der Waals surface area contributed by atoms with Crippen molar-refractivity contribution in [2.45, 2.75) is 26.9 Å². The second-order valence-electron chi connectivity index (χ2n) is 15.2. The molecule has 1 aliphatic rings. The predicted octanol–water partition coefficient (Wildman–Crippen LogP) is 12.5. The van der Waals surface area contributed by atoms with E-state index in [4.69, 9.17) is 9.41 Å². The fraction of sp³-hybridized carbons (Fsp3) is 0.118. The van der Waals surface area contributed by atoms with Crippen LogP contribution in [-0.2, 0) is 20.1 Å².